The molecule has 0 spiro atoms. The van der Waals surface area contributed by atoms with Crippen LogP contribution in [-0.4, -0.2) is 0 Å². The zero-order valence-electron chi connectivity index (χ0n) is 30.9. The van der Waals surface area contributed by atoms with Crippen molar-refractivity contribution in [3.8, 4) is 22.3 Å². The van der Waals surface area contributed by atoms with Gasteiger partial charge in [0.15, 0.2) is 23.3 Å². The van der Waals surface area contributed by atoms with Crippen LogP contribution < -0.4 is 0 Å². The summed E-state index contributed by atoms with van der Waals surface area (Å²) in [4.78, 5) is 0. The van der Waals surface area contributed by atoms with E-state index < -0.39 is 23.3 Å². The highest BCUT2D eigenvalue weighted by molar-refractivity contribution is 5.72. The zero-order valence-corrected chi connectivity index (χ0v) is 30.9. The van der Waals surface area contributed by atoms with Crippen LogP contribution in [-0.2, 0) is 12.8 Å². The van der Waals surface area contributed by atoms with E-state index in [1.165, 1.54) is 60.8 Å². The topological polar surface area (TPSA) is 0 Å². The minimum absolute atomic E-state index is 0.335. The predicted molar refractivity (Wildman–Crippen MR) is 207 cm³/mol. The monoisotopic (exact) mass is 694 g/mol. The van der Waals surface area contributed by atoms with Crippen molar-refractivity contribution in [2.75, 3.05) is 0 Å². The average molecular weight is 695 g/mol. The van der Waals surface area contributed by atoms with Crippen LogP contribution in [0.15, 0.2) is 84.9 Å². The molecule has 2 unspecified atom stereocenters. The summed E-state index contributed by atoms with van der Waals surface area (Å²) in [6.07, 6.45) is 18.7. The first-order chi connectivity index (χ1) is 24.8. The fourth-order valence-corrected chi connectivity index (χ4v) is 7.73. The summed E-state index contributed by atoms with van der Waals surface area (Å²) in [5, 5.41) is 0. The summed E-state index contributed by atoms with van der Waals surface area (Å²) in [7, 11) is 0. The predicted octanol–water partition coefficient (Wildman–Crippen LogP) is 14.7. The summed E-state index contributed by atoms with van der Waals surface area (Å²) in [5.41, 5.74) is 8.18. The van der Waals surface area contributed by atoms with Gasteiger partial charge in [-0.2, -0.15) is 0 Å². The van der Waals surface area contributed by atoms with E-state index in [4.69, 9.17) is 0 Å². The number of hydrogen-bond acceptors (Lipinski definition) is 0. The summed E-state index contributed by atoms with van der Waals surface area (Å²) >= 11 is 0. The van der Waals surface area contributed by atoms with E-state index in [0.717, 1.165) is 55.1 Å². The Morgan fingerprint density at radius 2 is 0.882 bits per heavy atom. The molecule has 0 radical (unpaired) electrons. The maximum absolute atomic E-state index is 14.5. The normalized spacial score (nSPS) is 17.3. The number of benzene rings is 4. The fourth-order valence-electron chi connectivity index (χ4n) is 7.73. The molecule has 0 N–H and O–H groups in total. The molecule has 0 nitrogen and oxygen atoms in total. The van der Waals surface area contributed by atoms with Crippen molar-refractivity contribution in [1.29, 1.82) is 0 Å². The summed E-state index contributed by atoms with van der Waals surface area (Å²) in [6.45, 7) is 8.28. The fraction of sp³-hybridized carbons (Fsp3) is 0.404. The first-order valence-electron chi connectivity index (χ1n) is 19.3. The molecule has 0 heterocycles. The molecule has 0 aliphatic heterocycles. The van der Waals surface area contributed by atoms with Crippen LogP contribution in [0.25, 0.3) is 33.4 Å². The van der Waals surface area contributed by atoms with Crippen molar-refractivity contribution in [2.24, 2.45) is 11.8 Å². The minimum Gasteiger partial charge on any atom is -0.203 e. The highest BCUT2D eigenvalue weighted by Crippen LogP contribution is 2.36. The Morgan fingerprint density at radius 3 is 1.25 bits per heavy atom. The van der Waals surface area contributed by atoms with Gasteiger partial charge in [-0.1, -0.05) is 145 Å². The largest absolute Gasteiger partial charge is 0.203 e. The van der Waals surface area contributed by atoms with Crippen molar-refractivity contribution >= 4 is 11.1 Å². The first kappa shape index (κ1) is 38.3. The van der Waals surface area contributed by atoms with Gasteiger partial charge in [0.1, 0.15) is 0 Å². The van der Waals surface area contributed by atoms with Crippen molar-refractivity contribution in [1.82, 2.24) is 0 Å². The van der Waals surface area contributed by atoms with Gasteiger partial charge in [-0.05, 0) is 108 Å². The molecule has 270 valence electrons. The first-order valence-corrected chi connectivity index (χ1v) is 19.3. The molecule has 51 heavy (non-hydrogen) atoms. The van der Waals surface area contributed by atoms with E-state index in [9.17, 15) is 17.6 Å². The van der Waals surface area contributed by atoms with Crippen LogP contribution in [0.2, 0.25) is 0 Å². The molecule has 4 aromatic rings. The Bertz CT molecular complexity index is 1800. The molecule has 0 saturated carbocycles. The molecule has 2 aliphatic rings. The molecule has 0 bridgehead atoms. The van der Waals surface area contributed by atoms with Gasteiger partial charge in [-0.3, -0.25) is 0 Å². The third kappa shape index (κ3) is 9.50. The van der Waals surface area contributed by atoms with Crippen molar-refractivity contribution in [3.63, 3.8) is 0 Å². The van der Waals surface area contributed by atoms with E-state index in [2.05, 4.69) is 26.0 Å². The lowest BCUT2D eigenvalue weighted by atomic mass is 9.84. The van der Waals surface area contributed by atoms with Crippen LogP contribution in [0.4, 0.5) is 17.6 Å². The lowest BCUT2D eigenvalue weighted by Crippen LogP contribution is -2.05. The maximum Gasteiger partial charge on any atom is 0.166 e. The van der Waals surface area contributed by atoms with Crippen LogP contribution in [0, 0.1) is 35.1 Å². The molecule has 2 atom stereocenters. The molecular formula is C47H54F4. The van der Waals surface area contributed by atoms with E-state index in [1.807, 2.05) is 62.4 Å². The van der Waals surface area contributed by atoms with Crippen LogP contribution in [0.5, 0.6) is 0 Å². The van der Waals surface area contributed by atoms with Gasteiger partial charge in [-0.25, -0.2) is 17.6 Å². The molecule has 2 aliphatic carbocycles. The number of allylic oxidation sites excluding steroid dienone is 4. The molecule has 6 rings (SSSR count). The summed E-state index contributed by atoms with van der Waals surface area (Å²) in [6, 6.07) is 22.5. The van der Waals surface area contributed by atoms with Gasteiger partial charge in [0.2, 0.25) is 0 Å². The SMILES string of the molecule is CCCC1CC=C(c2ccc(-c3ccc(CC)c(F)c3F)cc2)CC1.CCCc1ccc(-c2ccc(C3=CCC(CCC)CC3)cc2)c(F)c1F. The summed E-state index contributed by atoms with van der Waals surface area (Å²) in [5.74, 6) is -1.26. The summed E-state index contributed by atoms with van der Waals surface area (Å²) < 4.78 is 57.0. The van der Waals surface area contributed by atoms with Gasteiger partial charge in [0.25, 0.3) is 0 Å². The third-order valence-electron chi connectivity index (χ3n) is 10.8. The lowest BCUT2D eigenvalue weighted by Gasteiger charge is -2.21. The van der Waals surface area contributed by atoms with Crippen LogP contribution in [0.1, 0.15) is 121 Å². The quantitative estimate of drug-likeness (QED) is 0.137. The maximum atomic E-state index is 14.5. The van der Waals surface area contributed by atoms with Gasteiger partial charge in [-0.15, -0.1) is 0 Å². The number of aryl methyl sites for hydroxylation is 2. The van der Waals surface area contributed by atoms with Gasteiger partial charge in [0.05, 0.1) is 0 Å². The van der Waals surface area contributed by atoms with Crippen LogP contribution >= 0.6 is 0 Å². The Hall–Kier alpha value is -3.92. The van der Waals surface area contributed by atoms with Crippen LogP contribution in [0.3, 0.4) is 0 Å². The Kier molecular flexibility index (Phi) is 13.9. The number of hydrogen-bond donors (Lipinski definition) is 0. The molecular weight excluding hydrogens is 641 g/mol. The van der Waals surface area contributed by atoms with Gasteiger partial charge < -0.3 is 0 Å². The molecule has 4 heteroatoms. The van der Waals surface area contributed by atoms with E-state index in [-0.39, 0.29) is 0 Å². The molecule has 0 saturated heterocycles. The Morgan fingerprint density at radius 1 is 0.471 bits per heavy atom. The Balaban J connectivity index is 0.000000198. The van der Waals surface area contributed by atoms with E-state index >= 15 is 0 Å². The van der Waals surface area contributed by atoms with Gasteiger partial charge >= 0.3 is 0 Å². The zero-order chi connectivity index (χ0) is 36.3. The second kappa shape index (κ2) is 18.5. The standard InChI is InChI=1S/C24H28F2.C23H26F2/c1-3-5-17-7-9-18(10-8-17)19-11-13-20(14-12-19)22-16-15-21(6-4-2)23(25)24(22)26;1-3-5-16-6-8-18(9-7-16)19-10-12-20(13-11-19)21-15-14-17(4-2)22(24)23(21)25/h9,11-17H,3-8,10H2,1-2H3;8,10-16H,3-7,9H2,1-2H3. The smallest absolute Gasteiger partial charge is 0.166 e. The lowest BCUT2D eigenvalue weighted by molar-refractivity contribution is 0.445. The Labute approximate surface area is 303 Å². The average Bonchev–Trinajstić information content (AvgIpc) is 3.16. The molecule has 0 amide bonds. The molecule has 0 fully saturated rings. The second-order valence-electron chi connectivity index (χ2n) is 14.4. The van der Waals surface area contributed by atoms with Crippen molar-refractivity contribution < 1.29 is 17.6 Å². The molecule has 0 aromatic heterocycles. The highest BCUT2D eigenvalue weighted by Gasteiger charge is 2.18. The number of halogens is 4. The highest BCUT2D eigenvalue weighted by atomic mass is 19.2. The van der Waals surface area contributed by atoms with Crippen molar-refractivity contribution in [3.05, 3.63) is 130 Å². The van der Waals surface area contributed by atoms with Gasteiger partial charge in [0, 0.05) is 11.1 Å². The number of rotatable bonds is 11. The minimum atomic E-state index is -0.744. The molecule has 4 aromatic carbocycles. The van der Waals surface area contributed by atoms with Crippen molar-refractivity contribution in [2.45, 2.75) is 111 Å². The van der Waals surface area contributed by atoms with E-state index in [0.29, 0.717) is 35.1 Å². The third-order valence-corrected chi connectivity index (χ3v) is 10.8. The second-order valence-corrected chi connectivity index (χ2v) is 14.4. The van der Waals surface area contributed by atoms with E-state index in [1.54, 1.807) is 24.3 Å².